The summed E-state index contributed by atoms with van der Waals surface area (Å²) in [6.45, 7) is 0.146. The third kappa shape index (κ3) is 3.32. The van der Waals surface area contributed by atoms with Gasteiger partial charge in [-0.05, 0) is 42.2 Å². The van der Waals surface area contributed by atoms with E-state index in [1.165, 1.54) is 13.3 Å². The van der Waals surface area contributed by atoms with Crippen molar-refractivity contribution in [2.75, 3.05) is 13.7 Å². The van der Waals surface area contributed by atoms with Crippen LogP contribution < -0.4 is 4.74 Å². The first-order valence-electron chi connectivity index (χ1n) is 10.3. The van der Waals surface area contributed by atoms with E-state index < -0.39 is 0 Å². The number of ether oxygens (including phenoxy) is 1. The van der Waals surface area contributed by atoms with Crippen molar-refractivity contribution in [3.63, 3.8) is 0 Å². The quantitative estimate of drug-likeness (QED) is 0.366. The van der Waals surface area contributed by atoms with Crippen molar-refractivity contribution in [3.8, 4) is 22.9 Å². The molecule has 2 heterocycles. The van der Waals surface area contributed by atoms with E-state index in [1.807, 2.05) is 30.3 Å². The Kier molecular flexibility index (Phi) is 4.92. The summed E-state index contributed by atoms with van der Waals surface area (Å²) in [4.78, 5) is 20.1. The summed E-state index contributed by atoms with van der Waals surface area (Å²) in [6, 6.07) is 14.7. The van der Waals surface area contributed by atoms with E-state index >= 15 is 0 Å². The number of rotatable bonds is 6. The minimum atomic E-state index is -0.355. The predicted molar refractivity (Wildman–Crippen MR) is 123 cm³/mol. The van der Waals surface area contributed by atoms with Gasteiger partial charge in [-0.1, -0.05) is 35.9 Å². The number of methoxy groups -OCH3 is 1. The topological polar surface area (TPSA) is 95.4 Å². The Morgan fingerprint density at radius 1 is 1.19 bits per heavy atom. The summed E-state index contributed by atoms with van der Waals surface area (Å²) in [5.74, 6) is -0.175. The number of H-pyrrole nitrogens is 1. The number of aromatic amines is 1. The number of ketones is 1. The monoisotopic (exact) mass is 448 g/mol. The summed E-state index contributed by atoms with van der Waals surface area (Å²) in [7, 11) is 1.50. The van der Waals surface area contributed by atoms with Crippen LogP contribution in [0.4, 0.5) is 0 Å². The van der Waals surface area contributed by atoms with Crippen LogP contribution in [0.15, 0.2) is 54.7 Å². The highest BCUT2D eigenvalue weighted by atomic mass is 35.5. The third-order valence-corrected chi connectivity index (χ3v) is 6.58. The molecule has 0 amide bonds. The zero-order chi connectivity index (χ0) is 22.5. The number of pyridine rings is 1. The van der Waals surface area contributed by atoms with Gasteiger partial charge in [-0.3, -0.25) is 4.79 Å². The van der Waals surface area contributed by atoms with Gasteiger partial charge in [-0.2, -0.15) is 0 Å². The number of benzene rings is 2. The van der Waals surface area contributed by atoms with Gasteiger partial charge in [0.05, 0.1) is 29.8 Å². The van der Waals surface area contributed by atoms with E-state index in [0.29, 0.717) is 27.4 Å². The fourth-order valence-corrected chi connectivity index (χ4v) is 4.40. The molecule has 0 saturated heterocycles. The molecular weight excluding hydrogens is 428 g/mol. The van der Waals surface area contributed by atoms with Crippen molar-refractivity contribution in [2.24, 2.45) is 0 Å². The van der Waals surface area contributed by atoms with Crippen LogP contribution in [0.5, 0.6) is 11.8 Å². The van der Waals surface area contributed by atoms with Gasteiger partial charge in [0.2, 0.25) is 17.5 Å². The molecule has 6 nitrogen and oxygen atoms in total. The highest BCUT2D eigenvalue weighted by Gasteiger charge is 2.43. The molecule has 4 aromatic rings. The van der Waals surface area contributed by atoms with Crippen LogP contribution in [0.2, 0.25) is 5.02 Å². The Morgan fingerprint density at radius 2 is 1.94 bits per heavy atom. The minimum Gasteiger partial charge on any atom is -0.494 e. The van der Waals surface area contributed by atoms with E-state index in [0.717, 1.165) is 29.5 Å². The summed E-state index contributed by atoms with van der Waals surface area (Å²) in [5.41, 5.74) is 3.71. The number of hydrogen-bond acceptors (Lipinski definition) is 5. The van der Waals surface area contributed by atoms with Crippen LogP contribution in [-0.2, 0) is 5.41 Å². The molecule has 1 aliphatic rings. The molecule has 3 N–H and O–H groups in total. The first-order valence-corrected chi connectivity index (χ1v) is 10.6. The molecule has 2 aromatic carbocycles. The lowest BCUT2D eigenvalue weighted by molar-refractivity contribution is 0.103. The number of hydrogen-bond donors (Lipinski definition) is 3. The van der Waals surface area contributed by atoms with Crippen molar-refractivity contribution >= 4 is 28.3 Å². The van der Waals surface area contributed by atoms with Crippen LogP contribution in [0, 0.1) is 0 Å². The second-order valence-corrected chi connectivity index (χ2v) is 8.57. The molecule has 0 bridgehead atoms. The molecule has 1 fully saturated rings. The number of aliphatic hydroxyl groups excluding tert-OH is 1. The minimum absolute atomic E-state index is 0.106. The van der Waals surface area contributed by atoms with E-state index in [1.54, 1.807) is 18.2 Å². The van der Waals surface area contributed by atoms with E-state index in [4.69, 9.17) is 16.3 Å². The van der Waals surface area contributed by atoms with Gasteiger partial charge >= 0.3 is 0 Å². The largest absolute Gasteiger partial charge is 0.494 e. The molecule has 0 radical (unpaired) electrons. The fraction of sp³-hybridized carbons (Fsp3) is 0.200. The summed E-state index contributed by atoms with van der Waals surface area (Å²) in [6.07, 6.45) is 3.40. The van der Waals surface area contributed by atoms with Crippen molar-refractivity contribution in [3.05, 3.63) is 76.4 Å². The Bertz CT molecular complexity index is 1320. The van der Waals surface area contributed by atoms with Crippen LogP contribution in [0.25, 0.3) is 22.0 Å². The lowest BCUT2D eigenvalue weighted by Gasteiger charge is -2.13. The van der Waals surface area contributed by atoms with E-state index in [9.17, 15) is 15.0 Å². The molecule has 1 saturated carbocycles. The number of carbonyl (C=O) groups excluding carboxylic acids is 1. The Hall–Kier alpha value is -3.35. The number of fused-ring (bicyclic) bond motifs is 1. The van der Waals surface area contributed by atoms with Gasteiger partial charge in [0, 0.05) is 34.2 Å². The van der Waals surface area contributed by atoms with Crippen molar-refractivity contribution < 1.29 is 19.7 Å². The highest BCUT2D eigenvalue weighted by Crippen LogP contribution is 2.48. The van der Waals surface area contributed by atoms with Crippen molar-refractivity contribution in [1.82, 2.24) is 9.97 Å². The maximum Gasteiger partial charge on any atom is 0.212 e. The number of aromatic nitrogens is 2. The number of nitrogens with zero attached hydrogens (tertiary/aromatic N) is 1. The normalized spacial score (nSPS) is 14.5. The SMILES string of the molecule is COc1ccc(C(=O)c2c(O)[nH]c3cc(Cl)c(-c4ccc(C5(CO)CC5)cc4)cc23)cn1. The molecule has 7 heteroatoms. The number of nitrogens with one attached hydrogen (secondary N) is 1. The fourth-order valence-electron chi connectivity index (χ4n) is 4.12. The molecule has 0 unspecified atom stereocenters. The maximum absolute atomic E-state index is 13.2. The van der Waals surface area contributed by atoms with Gasteiger partial charge in [-0.25, -0.2) is 4.98 Å². The Morgan fingerprint density at radius 3 is 2.53 bits per heavy atom. The van der Waals surface area contributed by atoms with Gasteiger partial charge in [0.15, 0.2) is 0 Å². The van der Waals surface area contributed by atoms with Crippen molar-refractivity contribution in [2.45, 2.75) is 18.3 Å². The van der Waals surface area contributed by atoms with Gasteiger partial charge in [-0.15, -0.1) is 0 Å². The van der Waals surface area contributed by atoms with E-state index in [-0.39, 0.29) is 29.2 Å². The molecule has 5 rings (SSSR count). The molecule has 162 valence electrons. The summed E-state index contributed by atoms with van der Waals surface area (Å²) < 4.78 is 5.05. The van der Waals surface area contributed by atoms with E-state index in [2.05, 4.69) is 9.97 Å². The number of halogens is 1. The second kappa shape index (κ2) is 7.65. The first kappa shape index (κ1) is 20.5. The Labute approximate surface area is 189 Å². The van der Waals surface area contributed by atoms with Crippen LogP contribution in [0.3, 0.4) is 0 Å². The van der Waals surface area contributed by atoms with Crippen LogP contribution in [0.1, 0.15) is 34.3 Å². The predicted octanol–water partition coefficient (Wildman–Crippen LogP) is 4.85. The molecule has 0 atom stereocenters. The average Bonchev–Trinajstić information content (AvgIpc) is 3.55. The number of aliphatic hydroxyl groups is 1. The summed E-state index contributed by atoms with van der Waals surface area (Å²) in [5, 5.41) is 21.2. The molecule has 32 heavy (non-hydrogen) atoms. The zero-order valence-electron chi connectivity index (χ0n) is 17.4. The molecular formula is C25H21ClN2O4. The molecule has 0 aliphatic heterocycles. The average molecular weight is 449 g/mol. The number of carbonyl (C=O) groups is 1. The molecule has 2 aromatic heterocycles. The smallest absolute Gasteiger partial charge is 0.212 e. The maximum atomic E-state index is 13.2. The second-order valence-electron chi connectivity index (χ2n) is 8.16. The van der Waals surface area contributed by atoms with Gasteiger partial charge in [0.25, 0.3) is 0 Å². The summed E-state index contributed by atoms with van der Waals surface area (Å²) >= 11 is 6.55. The van der Waals surface area contributed by atoms with Crippen LogP contribution >= 0.6 is 11.6 Å². The molecule has 0 spiro atoms. The number of aromatic hydroxyl groups is 1. The Balaban J connectivity index is 1.57. The lowest BCUT2D eigenvalue weighted by atomic mass is 9.93. The lowest BCUT2D eigenvalue weighted by Crippen LogP contribution is -2.11. The highest BCUT2D eigenvalue weighted by molar-refractivity contribution is 6.34. The zero-order valence-corrected chi connectivity index (χ0v) is 18.1. The van der Waals surface area contributed by atoms with Gasteiger partial charge in [0.1, 0.15) is 0 Å². The van der Waals surface area contributed by atoms with Gasteiger partial charge < -0.3 is 19.9 Å². The third-order valence-electron chi connectivity index (χ3n) is 6.27. The standard InChI is InChI=1S/C25H21ClN2O4/c1-32-21-7-4-15(12-27-21)23(30)22-18-10-17(19(26)11-20(18)28-24(22)31)14-2-5-16(6-3-14)25(13-29)8-9-25/h2-7,10-12,28-29,31H,8-9,13H2,1H3. The van der Waals surface area contributed by atoms with Crippen molar-refractivity contribution in [1.29, 1.82) is 0 Å². The van der Waals surface area contributed by atoms with Crippen LogP contribution in [-0.4, -0.2) is 39.7 Å². The first-order chi connectivity index (χ1) is 15.5. The molecule has 1 aliphatic carbocycles.